The number of hydrogen-bond acceptors (Lipinski definition) is 12. The zero-order valence-electron chi connectivity index (χ0n) is 19.1. The molecule has 3 rings (SSSR count). The second kappa shape index (κ2) is 14.2. The van der Waals surface area contributed by atoms with Crippen molar-refractivity contribution in [1.82, 2.24) is 15.6 Å². The summed E-state index contributed by atoms with van der Waals surface area (Å²) >= 11 is 0.906. The maximum absolute atomic E-state index is 11.8. The van der Waals surface area contributed by atoms with Crippen molar-refractivity contribution in [2.75, 3.05) is 18.9 Å². The van der Waals surface area contributed by atoms with E-state index in [1.165, 1.54) is 5.38 Å². The molecular weight excluding hydrogens is 498 g/mol. The van der Waals surface area contributed by atoms with Crippen molar-refractivity contribution in [3.05, 3.63) is 40.9 Å². The number of nitrogens with one attached hydrogen (secondary N) is 4. The number of hydrogen-bond donors (Lipinski definition) is 9. The van der Waals surface area contributed by atoms with Crippen LogP contribution < -0.4 is 26.8 Å². The molecule has 0 spiro atoms. The number of thiazole rings is 1. The molecule has 0 saturated carbocycles. The first-order chi connectivity index (χ1) is 16.5. The number of β-lactam (4-membered cyclic amide) rings is 1. The highest BCUT2D eigenvalue weighted by Crippen LogP contribution is 2.19. The van der Waals surface area contributed by atoms with Crippen LogP contribution >= 0.6 is 23.7 Å². The molecule has 0 radical (unpaired) electrons. The van der Waals surface area contributed by atoms with Gasteiger partial charge in [-0.15, -0.1) is 11.3 Å². The Morgan fingerprint density at radius 2 is 1.91 bits per heavy atom. The molecule has 1 saturated heterocycles. The average molecular weight is 528 g/mol. The summed E-state index contributed by atoms with van der Waals surface area (Å²) in [4.78, 5) is 27.0. The molecule has 15 heteroatoms. The van der Waals surface area contributed by atoms with Gasteiger partial charge in [-0.1, -0.05) is 0 Å². The van der Waals surface area contributed by atoms with Gasteiger partial charge in [-0.2, -0.15) is 0 Å². The summed E-state index contributed by atoms with van der Waals surface area (Å²) in [6, 6.07) is 6.36. The predicted octanol–water partition coefficient (Wildman–Crippen LogP) is 0.884. The molecule has 35 heavy (non-hydrogen) atoms. The number of anilines is 1. The Hall–Kier alpha value is -3.24. The van der Waals surface area contributed by atoms with Gasteiger partial charge in [-0.25, -0.2) is 4.98 Å². The summed E-state index contributed by atoms with van der Waals surface area (Å²) in [7, 11) is 0. The highest BCUT2D eigenvalue weighted by Gasteiger charge is 2.47. The number of ether oxygens (including phenoxy) is 1. The molecule has 0 unspecified atom stereocenters. The molecule has 1 fully saturated rings. The van der Waals surface area contributed by atoms with Crippen molar-refractivity contribution < 1.29 is 28.5 Å². The zero-order valence-corrected chi connectivity index (χ0v) is 20.7. The van der Waals surface area contributed by atoms with E-state index in [0.717, 1.165) is 17.1 Å². The Bertz CT molecular complexity index is 1010. The van der Waals surface area contributed by atoms with Gasteiger partial charge in [0.2, 0.25) is 5.91 Å². The summed E-state index contributed by atoms with van der Waals surface area (Å²) in [5, 5.41) is 30.4. The fourth-order valence-corrected chi connectivity index (χ4v) is 3.22. The first kappa shape index (κ1) is 29.8. The monoisotopic (exact) mass is 527 g/mol. The minimum Gasteiger partial charge on any atom is -0.494 e. The van der Waals surface area contributed by atoms with Crippen LogP contribution in [0.4, 0.5) is 5.13 Å². The summed E-state index contributed by atoms with van der Waals surface area (Å²) in [6.45, 7) is 4.22. The second-order valence-electron chi connectivity index (χ2n) is 7.51. The fourth-order valence-electron chi connectivity index (χ4n) is 2.67. The van der Waals surface area contributed by atoms with Gasteiger partial charge in [-0.3, -0.25) is 20.4 Å². The molecular formula is C20H29N7O6S2. The topological polar surface area (TPSA) is 241 Å². The van der Waals surface area contributed by atoms with Crippen LogP contribution in [0, 0.1) is 10.8 Å². The van der Waals surface area contributed by atoms with Crippen molar-refractivity contribution in [3.8, 4) is 5.75 Å². The summed E-state index contributed by atoms with van der Waals surface area (Å²) in [5.74, 6) is -0.109. The van der Waals surface area contributed by atoms with Crippen molar-refractivity contribution in [2.24, 2.45) is 5.73 Å². The lowest BCUT2D eigenvalue weighted by atomic mass is 9.85. The largest absolute Gasteiger partial charge is 0.494 e. The Kier molecular flexibility index (Phi) is 12.1. The SMILES string of the molecule is CC1(C)NC(=O)[C@H]1NC(=O)C(=N)c1csc(N)n1.N=C(N)c1ccc(OCCCO)cc1.OSO. The van der Waals surface area contributed by atoms with Gasteiger partial charge in [0.15, 0.2) is 17.5 Å². The Morgan fingerprint density at radius 1 is 1.31 bits per heavy atom. The van der Waals surface area contributed by atoms with E-state index in [9.17, 15) is 9.59 Å². The Morgan fingerprint density at radius 3 is 2.34 bits per heavy atom. The van der Waals surface area contributed by atoms with Gasteiger partial charge in [0.25, 0.3) is 5.91 Å². The standard InChI is InChI=1S/C10H13N5O2S.C10H14N2O2.H2O2S/c1-10(2)6(8(17)15-10)14-7(16)5(11)4-3-18-9(12)13-4;11-10(12)8-2-4-9(5-3-8)14-7-1-6-13;1-3-2/h3,6,11H,1-2H3,(H2,12,13)(H,14,16)(H,15,17);2-5,13H,1,6-7H2,(H3,11,12);1-2H/t6-;;/m1../s1. The van der Waals surface area contributed by atoms with E-state index in [0.29, 0.717) is 23.7 Å². The number of nitrogens with zero attached hydrogens (tertiary/aromatic N) is 1. The van der Waals surface area contributed by atoms with Gasteiger partial charge in [0, 0.05) is 24.0 Å². The minimum atomic E-state index is -0.631. The van der Waals surface area contributed by atoms with Crippen LogP contribution in [-0.4, -0.2) is 67.4 Å². The molecule has 1 aliphatic rings. The maximum atomic E-state index is 11.8. The molecule has 1 aromatic carbocycles. The number of benzene rings is 1. The predicted molar refractivity (Wildman–Crippen MR) is 135 cm³/mol. The van der Waals surface area contributed by atoms with E-state index in [2.05, 4.69) is 15.6 Å². The molecule has 1 aliphatic heterocycles. The normalized spacial score (nSPS) is 15.1. The smallest absolute Gasteiger partial charge is 0.272 e. The molecule has 2 amide bonds. The third-order valence-electron chi connectivity index (χ3n) is 4.45. The molecule has 2 heterocycles. The van der Waals surface area contributed by atoms with E-state index < -0.39 is 17.5 Å². The number of amides is 2. The van der Waals surface area contributed by atoms with E-state index in [1.54, 1.807) is 38.1 Å². The molecule has 0 bridgehead atoms. The second-order valence-corrected chi connectivity index (χ2v) is 8.56. The van der Waals surface area contributed by atoms with Gasteiger partial charge in [0.05, 0.1) is 12.1 Å². The average Bonchev–Trinajstić information content (AvgIpc) is 3.24. The van der Waals surface area contributed by atoms with Crippen molar-refractivity contribution in [2.45, 2.75) is 31.8 Å². The molecule has 2 aromatic rings. The van der Waals surface area contributed by atoms with Crippen LogP contribution in [0.2, 0.25) is 0 Å². The van der Waals surface area contributed by atoms with E-state index >= 15 is 0 Å². The van der Waals surface area contributed by atoms with Crippen LogP contribution in [0.3, 0.4) is 0 Å². The van der Waals surface area contributed by atoms with E-state index in [4.69, 9.17) is 41.2 Å². The Labute approximate surface area is 210 Å². The molecule has 13 nitrogen and oxygen atoms in total. The molecule has 11 N–H and O–H groups in total. The number of carbonyl (C=O) groups excluding carboxylic acids is 2. The number of carbonyl (C=O) groups is 2. The molecule has 1 atom stereocenters. The zero-order chi connectivity index (χ0) is 26.6. The van der Waals surface area contributed by atoms with Gasteiger partial charge >= 0.3 is 0 Å². The number of rotatable bonds is 8. The first-order valence-electron chi connectivity index (χ1n) is 10.0. The maximum Gasteiger partial charge on any atom is 0.272 e. The van der Waals surface area contributed by atoms with Crippen LogP contribution in [-0.2, 0) is 9.59 Å². The van der Waals surface area contributed by atoms with Crippen molar-refractivity contribution in [3.63, 3.8) is 0 Å². The lowest BCUT2D eigenvalue weighted by Crippen LogP contribution is -2.75. The molecule has 1 aromatic heterocycles. The van der Waals surface area contributed by atoms with E-state index in [-0.39, 0.29) is 42.1 Å². The highest BCUT2D eigenvalue weighted by molar-refractivity contribution is 7.87. The number of amidine groups is 1. The summed E-state index contributed by atoms with van der Waals surface area (Å²) in [5.41, 5.74) is 10.8. The third kappa shape index (κ3) is 9.50. The number of aliphatic hydroxyl groups excluding tert-OH is 1. The van der Waals surface area contributed by atoms with Gasteiger partial charge in [0.1, 0.15) is 29.0 Å². The van der Waals surface area contributed by atoms with Gasteiger partial charge < -0.3 is 41.0 Å². The summed E-state index contributed by atoms with van der Waals surface area (Å²) in [6.07, 6.45) is 0.620. The number of aliphatic hydroxyl groups is 1. The number of aromatic nitrogens is 1. The fraction of sp³-hybridized carbons (Fsp3) is 0.350. The number of nitrogen functional groups attached to an aromatic ring is 2. The van der Waals surface area contributed by atoms with Crippen molar-refractivity contribution in [1.29, 1.82) is 10.8 Å². The first-order valence-corrected chi connectivity index (χ1v) is 11.6. The van der Waals surface area contributed by atoms with Crippen LogP contribution in [0.15, 0.2) is 29.6 Å². The Balaban J connectivity index is 0.000000323. The van der Waals surface area contributed by atoms with Crippen LogP contribution in [0.25, 0.3) is 0 Å². The van der Waals surface area contributed by atoms with Crippen LogP contribution in [0.5, 0.6) is 5.75 Å². The van der Waals surface area contributed by atoms with Crippen LogP contribution in [0.1, 0.15) is 31.5 Å². The lowest BCUT2D eigenvalue weighted by Gasteiger charge is -2.44. The number of nitrogens with two attached hydrogens (primary N) is 2. The third-order valence-corrected chi connectivity index (χ3v) is 5.12. The lowest BCUT2D eigenvalue weighted by molar-refractivity contribution is -0.138. The molecule has 0 aliphatic carbocycles. The minimum absolute atomic E-state index is 0.0481. The summed E-state index contributed by atoms with van der Waals surface area (Å²) < 4.78 is 19.4. The highest BCUT2D eigenvalue weighted by atomic mass is 32.2. The van der Waals surface area contributed by atoms with Crippen molar-refractivity contribution >= 4 is 52.2 Å². The van der Waals surface area contributed by atoms with E-state index in [1.807, 2.05) is 0 Å². The quantitative estimate of drug-likeness (QED) is 0.0771. The molecule has 192 valence electrons. The van der Waals surface area contributed by atoms with Gasteiger partial charge in [-0.05, 0) is 38.1 Å².